The summed E-state index contributed by atoms with van der Waals surface area (Å²) in [6, 6.07) is 24.0. The van der Waals surface area contributed by atoms with Crippen molar-refractivity contribution in [2.75, 3.05) is 0 Å². The van der Waals surface area contributed by atoms with E-state index in [1.165, 1.54) is 32.3 Å². The highest BCUT2D eigenvalue weighted by Crippen LogP contribution is 2.37. The molecule has 0 N–H and O–H groups in total. The molecule has 4 rings (SSSR count). The smallest absolute Gasteiger partial charge is 0.0348 e. The highest BCUT2D eigenvalue weighted by Gasteiger charge is 2.09. The first-order chi connectivity index (χ1) is 9.42. The first-order valence-electron chi connectivity index (χ1n) is 6.37. The van der Waals surface area contributed by atoms with Gasteiger partial charge in [-0.1, -0.05) is 54.6 Å². The zero-order valence-electron chi connectivity index (χ0n) is 10.3. The van der Waals surface area contributed by atoms with Crippen LogP contribution < -0.4 is 0 Å². The molecule has 0 saturated carbocycles. The molecule has 90 valence electrons. The molecule has 0 spiro atoms. The average Bonchev–Trinajstić information content (AvgIpc) is 2.90. The molecular weight excluding hydrogens is 248 g/mol. The molecule has 0 unspecified atom stereocenters. The Balaban J connectivity index is 2.02. The van der Waals surface area contributed by atoms with Gasteiger partial charge in [-0.2, -0.15) is 0 Å². The van der Waals surface area contributed by atoms with Crippen LogP contribution in [0.25, 0.3) is 32.3 Å². The maximum absolute atomic E-state index is 2.29. The van der Waals surface area contributed by atoms with Gasteiger partial charge in [-0.3, -0.25) is 0 Å². The van der Waals surface area contributed by atoms with E-state index in [1.54, 1.807) is 11.3 Å². The summed E-state index contributed by atoms with van der Waals surface area (Å²) in [5.41, 5.74) is 3.96. The first-order valence-corrected chi connectivity index (χ1v) is 7.25. The second-order valence-corrected chi connectivity index (χ2v) is 5.65. The summed E-state index contributed by atoms with van der Waals surface area (Å²) in [6.07, 6.45) is 0. The lowest BCUT2D eigenvalue weighted by Gasteiger charge is -2.04. The van der Waals surface area contributed by atoms with Gasteiger partial charge in [0.15, 0.2) is 0 Å². The molecule has 2 aliphatic rings. The number of benzene rings is 2. The van der Waals surface area contributed by atoms with E-state index in [2.05, 4.69) is 72.1 Å². The lowest BCUT2D eigenvalue weighted by molar-refractivity contribution is 1.72. The fraction of sp³-hybridized carbons (Fsp3) is 0. The fourth-order valence-corrected chi connectivity index (χ4v) is 3.39. The van der Waals surface area contributed by atoms with Crippen LogP contribution in [-0.4, -0.2) is 0 Å². The van der Waals surface area contributed by atoms with Crippen LogP contribution in [0, 0.1) is 0 Å². The van der Waals surface area contributed by atoms with Gasteiger partial charge in [0.2, 0.25) is 0 Å². The van der Waals surface area contributed by atoms with E-state index in [0.29, 0.717) is 0 Å². The zero-order valence-corrected chi connectivity index (χ0v) is 11.2. The normalized spacial score (nSPS) is 11.2. The Bertz CT molecular complexity index is 791. The van der Waals surface area contributed by atoms with Crippen molar-refractivity contribution in [1.82, 2.24) is 0 Å². The average molecular weight is 260 g/mol. The second kappa shape index (κ2) is 4.22. The van der Waals surface area contributed by atoms with Crippen LogP contribution in [0.5, 0.6) is 0 Å². The molecule has 0 radical (unpaired) electrons. The van der Waals surface area contributed by atoms with E-state index in [-0.39, 0.29) is 0 Å². The van der Waals surface area contributed by atoms with Crippen LogP contribution in [0.4, 0.5) is 0 Å². The molecule has 0 aromatic heterocycles. The summed E-state index contributed by atoms with van der Waals surface area (Å²) in [7, 11) is 0. The van der Waals surface area contributed by atoms with Crippen molar-refractivity contribution in [2.24, 2.45) is 0 Å². The van der Waals surface area contributed by atoms with E-state index in [0.717, 1.165) is 0 Å². The lowest BCUT2D eigenvalue weighted by Crippen LogP contribution is -1.77. The topological polar surface area (TPSA) is 0 Å². The van der Waals surface area contributed by atoms with Gasteiger partial charge < -0.3 is 0 Å². The SMILES string of the molecule is c1csc2cc(-c3cccc4ccccc34)cc-2c1. The summed E-state index contributed by atoms with van der Waals surface area (Å²) in [5.74, 6) is 0. The number of hydrogen-bond donors (Lipinski definition) is 0. The van der Waals surface area contributed by atoms with Gasteiger partial charge in [0.1, 0.15) is 0 Å². The largest absolute Gasteiger partial charge is 0.144 e. The maximum Gasteiger partial charge on any atom is 0.0348 e. The van der Waals surface area contributed by atoms with Crippen molar-refractivity contribution in [3.05, 3.63) is 72.1 Å². The molecule has 1 aliphatic heterocycles. The van der Waals surface area contributed by atoms with E-state index < -0.39 is 0 Å². The third-order valence-corrected chi connectivity index (χ3v) is 4.43. The Labute approximate surface area is 116 Å². The summed E-state index contributed by atoms with van der Waals surface area (Å²) in [5, 5.41) is 4.76. The van der Waals surface area contributed by atoms with Gasteiger partial charge in [-0.05, 0) is 45.0 Å². The minimum absolute atomic E-state index is 1.30. The lowest BCUT2D eigenvalue weighted by atomic mass is 10.0. The van der Waals surface area contributed by atoms with E-state index in [9.17, 15) is 0 Å². The summed E-state index contributed by atoms with van der Waals surface area (Å²) < 4.78 is 0. The van der Waals surface area contributed by atoms with Crippen LogP contribution in [0.15, 0.2) is 72.1 Å². The van der Waals surface area contributed by atoms with Crippen molar-refractivity contribution in [3.8, 4) is 21.6 Å². The van der Waals surface area contributed by atoms with Crippen molar-refractivity contribution in [3.63, 3.8) is 0 Å². The monoisotopic (exact) mass is 260 g/mol. The Kier molecular flexibility index (Phi) is 2.39. The van der Waals surface area contributed by atoms with Crippen LogP contribution in [-0.2, 0) is 0 Å². The molecule has 0 atom stereocenters. The highest BCUT2D eigenvalue weighted by atomic mass is 32.1. The van der Waals surface area contributed by atoms with Crippen molar-refractivity contribution in [2.45, 2.75) is 0 Å². The van der Waals surface area contributed by atoms with Crippen LogP contribution in [0.1, 0.15) is 0 Å². The van der Waals surface area contributed by atoms with Crippen LogP contribution >= 0.6 is 11.3 Å². The molecule has 0 nitrogen and oxygen atoms in total. The Hall–Kier alpha value is -2.12. The minimum atomic E-state index is 1.30. The fourth-order valence-electron chi connectivity index (χ4n) is 2.63. The quantitative estimate of drug-likeness (QED) is 0.413. The number of hydrogen-bond acceptors (Lipinski definition) is 1. The maximum atomic E-state index is 2.29. The molecule has 1 heteroatoms. The van der Waals surface area contributed by atoms with Gasteiger partial charge in [-0.25, -0.2) is 0 Å². The molecule has 1 aliphatic carbocycles. The van der Waals surface area contributed by atoms with E-state index in [1.807, 2.05) is 0 Å². The molecule has 2 aromatic carbocycles. The number of rotatable bonds is 1. The summed E-state index contributed by atoms with van der Waals surface area (Å²) in [6.45, 7) is 0. The molecular formula is C18H12S. The highest BCUT2D eigenvalue weighted by molar-refractivity contribution is 7.13. The van der Waals surface area contributed by atoms with Gasteiger partial charge in [0, 0.05) is 4.88 Å². The Morgan fingerprint density at radius 3 is 2.53 bits per heavy atom. The molecule has 1 heterocycles. The predicted molar refractivity (Wildman–Crippen MR) is 83.9 cm³/mol. The molecule has 0 bridgehead atoms. The summed E-state index contributed by atoms with van der Waals surface area (Å²) in [4.78, 5) is 1.35. The van der Waals surface area contributed by atoms with Gasteiger partial charge in [0.25, 0.3) is 0 Å². The Morgan fingerprint density at radius 1 is 0.684 bits per heavy atom. The van der Waals surface area contributed by atoms with Crippen molar-refractivity contribution < 1.29 is 0 Å². The van der Waals surface area contributed by atoms with Gasteiger partial charge in [0.05, 0.1) is 0 Å². The number of fused-ring (bicyclic) bond motifs is 2. The summed E-state index contributed by atoms with van der Waals surface area (Å²) >= 11 is 1.80. The molecule has 0 saturated heterocycles. The van der Waals surface area contributed by atoms with Gasteiger partial charge >= 0.3 is 0 Å². The third kappa shape index (κ3) is 1.74. The molecule has 0 amide bonds. The minimum Gasteiger partial charge on any atom is -0.144 e. The van der Waals surface area contributed by atoms with Crippen LogP contribution in [0.3, 0.4) is 0 Å². The molecule has 2 aromatic rings. The first kappa shape index (κ1) is 10.8. The van der Waals surface area contributed by atoms with Crippen molar-refractivity contribution in [1.29, 1.82) is 0 Å². The van der Waals surface area contributed by atoms with Crippen molar-refractivity contribution >= 4 is 22.1 Å². The third-order valence-electron chi connectivity index (χ3n) is 3.53. The van der Waals surface area contributed by atoms with Crippen LogP contribution in [0.2, 0.25) is 0 Å². The van der Waals surface area contributed by atoms with Gasteiger partial charge in [-0.15, -0.1) is 11.3 Å². The Morgan fingerprint density at radius 2 is 1.58 bits per heavy atom. The second-order valence-electron chi connectivity index (χ2n) is 4.70. The standard InChI is InChI=1S/C18H12S/c1-2-8-16-13(5-1)6-3-9-17(16)15-11-14-7-4-10-19-18(14)12-15/h1-12H. The zero-order chi connectivity index (χ0) is 12.7. The molecule has 0 fully saturated rings. The van der Waals surface area contributed by atoms with E-state index in [4.69, 9.17) is 0 Å². The van der Waals surface area contributed by atoms with E-state index >= 15 is 0 Å². The predicted octanol–water partition coefficient (Wildman–Crippen LogP) is 5.67. The molecule has 19 heavy (non-hydrogen) atoms.